The molecule has 0 spiro atoms. The summed E-state index contributed by atoms with van der Waals surface area (Å²) >= 11 is 0. The second-order valence-electron chi connectivity index (χ2n) is 6.85. The predicted octanol–water partition coefficient (Wildman–Crippen LogP) is 5.64. The fourth-order valence-electron chi connectivity index (χ4n) is 2.97. The molecule has 4 rings (SSSR count). The Morgan fingerprint density at radius 1 is 0.938 bits per heavy atom. The Morgan fingerprint density at radius 2 is 1.62 bits per heavy atom. The largest absolute Gasteiger partial charge is 0.457 e. The molecule has 9 heteroatoms. The number of nitrogens with one attached hydrogen (secondary N) is 1. The number of aromatic nitrogens is 3. The van der Waals surface area contributed by atoms with E-state index in [2.05, 4.69) is 15.4 Å². The lowest BCUT2D eigenvalue weighted by molar-refractivity contribution is -0.137. The van der Waals surface area contributed by atoms with Crippen molar-refractivity contribution >= 4 is 11.6 Å². The maximum absolute atomic E-state index is 12.7. The van der Waals surface area contributed by atoms with Crippen molar-refractivity contribution in [3.8, 4) is 17.3 Å². The Bertz CT molecular complexity index is 1220. The number of carbonyl (C=O) groups is 1. The number of rotatable bonds is 5. The number of amides is 1. The highest BCUT2D eigenvalue weighted by Crippen LogP contribution is 2.29. The minimum Gasteiger partial charge on any atom is -0.457 e. The molecule has 0 atom stereocenters. The van der Waals surface area contributed by atoms with Gasteiger partial charge in [0.05, 0.1) is 23.0 Å². The molecule has 1 N–H and O–H groups in total. The molecule has 0 saturated carbocycles. The van der Waals surface area contributed by atoms with Crippen LogP contribution < -0.4 is 10.1 Å². The Morgan fingerprint density at radius 3 is 2.25 bits per heavy atom. The summed E-state index contributed by atoms with van der Waals surface area (Å²) in [6.45, 7) is 1.64. The van der Waals surface area contributed by atoms with E-state index in [0.29, 0.717) is 22.9 Å². The Hall–Kier alpha value is -4.14. The molecule has 32 heavy (non-hydrogen) atoms. The number of nitrogens with zero attached hydrogens (tertiary/aromatic N) is 3. The van der Waals surface area contributed by atoms with E-state index in [0.717, 1.165) is 12.3 Å². The molecule has 2 heterocycles. The van der Waals surface area contributed by atoms with Crippen molar-refractivity contribution < 1.29 is 22.7 Å². The molecule has 0 aliphatic carbocycles. The third-order valence-electron chi connectivity index (χ3n) is 4.64. The number of para-hydroxylation sites is 1. The zero-order chi connectivity index (χ0) is 22.7. The first-order valence-corrected chi connectivity index (χ1v) is 9.54. The van der Waals surface area contributed by atoms with Crippen LogP contribution in [-0.2, 0) is 6.18 Å². The molecule has 0 bridgehead atoms. The quantitative estimate of drug-likeness (QED) is 0.438. The van der Waals surface area contributed by atoms with Crippen molar-refractivity contribution in [2.45, 2.75) is 13.1 Å². The third-order valence-corrected chi connectivity index (χ3v) is 4.64. The molecule has 1 amide bonds. The molecule has 0 aliphatic heterocycles. The van der Waals surface area contributed by atoms with E-state index >= 15 is 0 Å². The number of hydrogen-bond acceptors (Lipinski definition) is 4. The van der Waals surface area contributed by atoms with Crippen LogP contribution in [0, 0.1) is 6.92 Å². The van der Waals surface area contributed by atoms with Crippen LogP contribution in [0.15, 0.2) is 79.1 Å². The molecule has 162 valence electrons. The minimum absolute atomic E-state index is 0.178. The topological polar surface area (TPSA) is 69.0 Å². The van der Waals surface area contributed by atoms with Gasteiger partial charge >= 0.3 is 6.18 Å². The van der Waals surface area contributed by atoms with Crippen molar-refractivity contribution in [3.05, 3.63) is 95.9 Å². The van der Waals surface area contributed by atoms with Crippen LogP contribution in [0.4, 0.5) is 18.9 Å². The van der Waals surface area contributed by atoms with Gasteiger partial charge in [-0.3, -0.25) is 4.79 Å². The maximum atomic E-state index is 12.7. The first-order chi connectivity index (χ1) is 15.3. The van der Waals surface area contributed by atoms with E-state index in [4.69, 9.17) is 4.74 Å². The number of halogens is 3. The lowest BCUT2D eigenvalue weighted by Gasteiger charge is -2.09. The lowest BCUT2D eigenvalue weighted by atomic mass is 10.2. The Labute approximate surface area is 181 Å². The van der Waals surface area contributed by atoms with Gasteiger partial charge in [0, 0.05) is 11.9 Å². The number of pyridine rings is 1. The van der Waals surface area contributed by atoms with Crippen molar-refractivity contribution in [2.75, 3.05) is 5.32 Å². The van der Waals surface area contributed by atoms with E-state index in [1.165, 1.54) is 16.9 Å². The molecule has 2 aromatic heterocycles. The summed E-state index contributed by atoms with van der Waals surface area (Å²) in [5.41, 5.74) is 0.411. The molecule has 6 nitrogen and oxygen atoms in total. The van der Waals surface area contributed by atoms with Crippen molar-refractivity contribution in [3.63, 3.8) is 0 Å². The summed E-state index contributed by atoms with van der Waals surface area (Å²) in [4.78, 5) is 16.5. The molecular formula is C23H17F3N4O2. The predicted molar refractivity (Wildman–Crippen MR) is 112 cm³/mol. The molecule has 4 aromatic rings. The van der Waals surface area contributed by atoms with Crippen molar-refractivity contribution in [1.82, 2.24) is 14.8 Å². The monoisotopic (exact) mass is 438 g/mol. The van der Waals surface area contributed by atoms with Gasteiger partial charge in [-0.25, -0.2) is 9.67 Å². The molecule has 0 unspecified atom stereocenters. The van der Waals surface area contributed by atoms with Gasteiger partial charge in [-0.2, -0.15) is 18.3 Å². The summed E-state index contributed by atoms with van der Waals surface area (Å²) in [5, 5.41) is 6.86. The third kappa shape index (κ3) is 4.61. The highest BCUT2D eigenvalue weighted by molar-refractivity contribution is 6.05. The number of ether oxygens (including phenoxy) is 1. The van der Waals surface area contributed by atoms with Crippen LogP contribution in [0.3, 0.4) is 0 Å². The number of benzene rings is 2. The molecule has 0 saturated heterocycles. The average Bonchev–Trinajstić information content (AvgIpc) is 3.17. The van der Waals surface area contributed by atoms with E-state index in [-0.39, 0.29) is 11.4 Å². The summed E-state index contributed by atoms with van der Waals surface area (Å²) < 4.78 is 45.2. The normalized spacial score (nSPS) is 11.2. The second kappa shape index (κ2) is 8.54. The van der Waals surface area contributed by atoms with E-state index in [1.54, 1.807) is 31.2 Å². The molecule has 0 aliphatic rings. The number of carbonyl (C=O) groups excluding carboxylic acids is 1. The van der Waals surface area contributed by atoms with Crippen LogP contribution in [-0.4, -0.2) is 20.7 Å². The average molecular weight is 438 g/mol. The molecule has 2 aromatic carbocycles. The molecular weight excluding hydrogens is 421 g/mol. The van der Waals surface area contributed by atoms with Gasteiger partial charge in [-0.15, -0.1) is 0 Å². The van der Waals surface area contributed by atoms with Crippen LogP contribution >= 0.6 is 0 Å². The van der Waals surface area contributed by atoms with Gasteiger partial charge in [0.15, 0.2) is 5.82 Å². The van der Waals surface area contributed by atoms with Gasteiger partial charge in [-0.05, 0) is 55.5 Å². The van der Waals surface area contributed by atoms with Crippen LogP contribution in [0.5, 0.6) is 11.5 Å². The van der Waals surface area contributed by atoms with Gasteiger partial charge < -0.3 is 10.1 Å². The van der Waals surface area contributed by atoms with Gasteiger partial charge in [0.1, 0.15) is 11.5 Å². The summed E-state index contributed by atoms with van der Waals surface area (Å²) in [6.07, 6.45) is -2.40. The zero-order valence-corrected chi connectivity index (χ0v) is 16.8. The van der Waals surface area contributed by atoms with E-state index in [9.17, 15) is 18.0 Å². The van der Waals surface area contributed by atoms with Crippen molar-refractivity contribution in [1.29, 1.82) is 0 Å². The molecule has 0 fully saturated rings. The maximum Gasteiger partial charge on any atom is 0.417 e. The molecule has 0 radical (unpaired) electrons. The number of alkyl halides is 3. The van der Waals surface area contributed by atoms with Crippen LogP contribution in [0.2, 0.25) is 0 Å². The van der Waals surface area contributed by atoms with Gasteiger partial charge in [0.25, 0.3) is 5.91 Å². The zero-order valence-electron chi connectivity index (χ0n) is 16.8. The SMILES string of the molecule is Cc1c(C(=O)Nc2ccc(Oc3ccccc3)cc2)cnn1-c1ccc(C(F)(F)F)cn1. The lowest BCUT2D eigenvalue weighted by Crippen LogP contribution is -2.13. The van der Waals surface area contributed by atoms with Crippen LogP contribution in [0.1, 0.15) is 21.6 Å². The summed E-state index contributed by atoms with van der Waals surface area (Å²) in [6, 6.07) is 18.3. The second-order valence-corrected chi connectivity index (χ2v) is 6.85. The minimum atomic E-state index is -4.47. The van der Waals surface area contributed by atoms with Gasteiger partial charge in [-0.1, -0.05) is 18.2 Å². The Kier molecular flexibility index (Phi) is 5.63. The Balaban J connectivity index is 1.46. The smallest absolute Gasteiger partial charge is 0.417 e. The van der Waals surface area contributed by atoms with E-state index in [1.807, 2.05) is 30.3 Å². The number of hydrogen-bond donors (Lipinski definition) is 1. The highest BCUT2D eigenvalue weighted by Gasteiger charge is 2.30. The van der Waals surface area contributed by atoms with Crippen LogP contribution in [0.25, 0.3) is 5.82 Å². The fourth-order valence-corrected chi connectivity index (χ4v) is 2.97. The standard InChI is InChI=1S/C23H17F3N4O2/c1-15-20(14-28-30(15)21-12-7-16(13-27-21)23(24,25)26)22(31)29-17-8-10-19(11-9-17)32-18-5-3-2-4-6-18/h2-14H,1H3,(H,29,31). The number of anilines is 1. The first-order valence-electron chi connectivity index (χ1n) is 9.54. The fraction of sp³-hybridized carbons (Fsp3) is 0.0870. The summed E-state index contributed by atoms with van der Waals surface area (Å²) in [5.74, 6) is 1.09. The first kappa shape index (κ1) is 21.1. The van der Waals surface area contributed by atoms with E-state index < -0.39 is 17.6 Å². The van der Waals surface area contributed by atoms with Crippen molar-refractivity contribution in [2.24, 2.45) is 0 Å². The summed E-state index contributed by atoms with van der Waals surface area (Å²) in [7, 11) is 0. The highest BCUT2D eigenvalue weighted by atomic mass is 19.4. The van der Waals surface area contributed by atoms with Gasteiger partial charge in [0.2, 0.25) is 0 Å².